The molecule has 0 bridgehead atoms. The first kappa shape index (κ1) is 12.8. The maximum absolute atomic E-state index is 5.43. The van der Waals surface area contributed by atoms with Crippen molar-refractivity contribution < 1.29 is 14.0 Å². The minimum absolute atomic E-state index is 0.113. The predicted molar refractivity (Wildman–Crippen MR) is 68.0 cm³/mol. The summed E-state index contributed by atoms with van der Waals surface area (Å²) < 4.78 is 10.4. The lowest BCUT2D eigenvalue weighted by molar-refractivity contribution is -0.00877. The molecule has 0 saturated carbocycles. The fourth-order valence-electron chi connectivity index (χ4n) is 1.66. The normalized spacial score (nSPS) is 12.5. The van der Waals surface area contributed by atoms with Crippen molar-refractivity contribution in [1.82, 2.24) is 5.48 Å². The third-order valence-electron chi connectivity index (χ3n) is 2.55. The second-order valence-corrected chi connectivity index (χ2v) is 3.82. The van der Waals surface area contributed by atoms with Gasteiger partial charge in [-0.15, -0.1) is 0 Å². The van der Waals surface area contributed by atoms with Crippen molar-refractivity contribution in [3.05, 3.63) is 60.1 Å². The van der Waals surface area contributed by atoms with Crippen LogP contribution in [0.25, 0.3) is 0 Å². The first-order chi connectivity index (χ1) is 8.92. The Morgan fingerprint density at radius 2 is 1.94 bits per heavy atom. The molecule has 0 radical (unpaired) electrons. The van der Waals surface area contributed by atoms with E-state index >= 15 is 0 Å². The Kier molecular flexibility index (Phi) is 4.96. The van der Waals surface area contributed by atoms with Crippen molar-refractivity contribution in [1.29, 1.82) is 0 Å². The maximum atomic E-state index is 5.43. The molecule has 0 aliphatic rings. The molecule has 0 aliphatic carbocycles. The van der Waals surface area contributed by atoms with Gasteiger partial charge in [-0.25, -0.2) is 0 Å². The summed E-state index contributed by atoms with van der Waals surface area (Å²) in [5, 5.41) is 0. The number of hydroxylamine groups is 1. The third-order valence-corrected chi connectivity index (χ3v) is 2.55. The number of benzene rings is 1. The summed E-state index contributed by atoms with van der Waals surface area (Å²) >= 11 is 0. The van der Waals surface area contributed by atoms with E-state index in [-0.39, 0.29) is 6.04 Å². The lowest BCUT2D eigenvalue weighted by atomic mass is 10.1. The van der Waals surface area contributed by atoms with E-state index in [0.29, 0.717) is 13.2 Å². The van der Waals surface area contributed by atoms with E-state index in [1.165, 1.54) is 0 Å². The van der Waals surface area contributed by atoms with Crippen molar-refractivity contribution in [2.24, 2.45) is 0 Å². The Morgan fingerprint density at radius 1 is 1.11 bits per heavy atom. The molecule has 0 spiro atoms. The number of hydrogen-bond acceptors (Lipinski definition) is 4. The molecule has 18 heavy (non-hydrogen) atoms. The minimum Gasteiger partial charge on any atom is -0.467 e. The van der Waals surface area contributed by atoms with Gasteiger partial charge in [0, 0.05) is 7.11 Å². The second-order valence-electron chi connectivity index (χ2n) is 3.82. The fourth-order valence-corrected chi connectivity index (χ4v) is 1.66. The van der Waals surface area contributed by atoms with Crippen molar-refractivity contribution >= 4 is 0 Å². The molecule has 0 fully saturated rings. The van der Waals surface area contributed by atoms with E-state index < -0.39 is 0 Å². The molecule has 2 rings (SSSR count). The van der Waals surface area contributed by atoms with Gasteiger partial charge in [0.05, 0.1) is 19.5 Å². The van der Waals surface area contributed by atoms with Crippen molar-refractivity contribution in [2.45, 2.75) is 6.04 Å². The van der Waals surface area contributed by atoms with Crippen molar-refractivity contribution in [3.63, 3.8) is 0 Å². The lowest BCUT2D eigenvalue weighted by Gasteiger charge is -2.16. The molecule has 1 atom stereocenters. The Labute approximate surface area is 106 Å². The molecule has 0 amide bonds. The van der Waals surface area contributed by atoms with Crippen LogP contribution in [-0.4, -0.2) is 20.3 Å². The van der Waals surface area contributed by atoms with E-state index in [0.717, 1.165) is 11.3 Å². The molecule has 1 heterocycles. The average molecular weight is 247 g/mol. The zero-order chi connectivity index (χ0) is 12.6. The van der Waals surface area contributed by atoms with Crippen LogP contribution in [0.5, 0.6) is 0 Å². The molecule has 1 aromatic heterocycles. The highest BCUT2D eigenvalue weighted by molar-refractivity contribution is 5.25. The maximum Gasteiger partial charge on any atom is 0.127 e. The van der Waals surface area contributed by atoms with E-state index in [1.807, 2.05) is 42.5 Å². The predicted octanol–water partition coefficient (Wildman–Crippen LogP) is 2.54. The first-order valence-electron chi connectivity index (χ1n) is 5.86. The summed E-state index contributed by atoms with van der Waals surface area (Å²) in [7, 11) is 1.64. The van der Waals surface area contributed by atoms with Gasteiger partial charge in [0.15, 0.2) is 0 Å². The number of hydrogen-bond donors (Lipinski definition) is 1. The standard InChI is InChI=1S/C14H17NO3/c1-16-10-11-18-15-14(13-8-5-9-17-13)12-6-3-2-4-7-12/h2-9,14-15H,10-11H2,1H3. The third kappa shape index (κ3) is 3.43. The lowest BCUT2D eigenvalue weighted by Crippen LogP contribution is -2.24. The average Bonchev–Trinajstić information content (AvgIpc) is 2.94. The summed E-state index contributed by atoms with van der Waals surface area (Å²) in [5.74, 6) is 0.818. The zero-order valence-electron chi connectivity index (χ0n) is 10.3. The summed E-state index contributed by atoms with van der Waals surface area (Å²) in [6, 6.07) is 13.7. The van der Waals surface area contributed by atoms with Crippen LogP contribution in [0.2, 0.25) is 0 Å². The number of rotatable bonds is 7. The van der Waals surface area contributed by atoms with Crippen LogP contribution in [0, 0.1) is 0 Å². The van der Waals surface area contributed by atoms with Gasteiger partial charge in [-0.1, -0.05) is 30.3 Å². The molecule has 0 aliphatic heterocycles. The second kappa shape index (κ2) is 6.96. The summed E-state index contributed by atoms with van der Waals surface area (Å²) in [5.41, 5.74) is 4.09. The van der Waals surface area contributed by atoms with Crippen LogP contribution in [0.1, 0.15) is 17.4 Å². The molecular formula is C14H17NO3. The topological polar surface area (TPSA) is 43.6 Å². The number of nitrogens with one attached hydrogen (secondary N) is 1. The Balaban J connectivity index is 2.05. The quantitative estimate of drug-likeness (QED) is 0.603. The van der Waals surface area contributed by atoms with Gasteiger partial charge in [-0.3, -0.25) is 4.84 Å². The molecular weight excluding hydrogens is 230 g/mol. The number of ether oxygens (including phenoxy) is 1. The van der Waals surface area contributed by atoms with Crippen molar-refractivity contribution in [3.8, 4) is 0 Å². The molecule has 96 valence electrons. The van der Waals surface area contributed by atoms with Crippen LogP contribution >= 0.6 is 0 Å². The molecule has 0 saturated heterocycles. The van der Waals surface area contributed by atoms with Gasteiger partial charge < -0.3 is 9.15 Å². The summed E-state index contributed by atoms with van der Waals surface area (Å²) in [6.07, 6.45) is 1.65. The zero-order valence-corrected chi connectivity index (χ0v) is 10.3. The summed E-state index contributed by atoms with van der Waals surface area (Å²) in [6.45, 7) is 1.03. The Morgan fingerprint density at radius 3 is 2.61 bits per heavy atom. The molecule has 1 unspecified atom stereocenters. The van der Waals surface area contributed by atoms with Crippen LogP contribution in [0.15, 0.2) is 53.1 Å². The minimum atomic E-state index is -0.113. The van der Waals surface area contributed by atoms with Gasteiger partial charge >= 0.3 is 0 Å². The van der Waals surface area contributed by atoms with Crippen molar-refractivity contribution in [2.75, 3.05) is 20.3 Å². The van der Waals surface area contributed by atoms with Gasteiger partial charge in [0.2, 0.25) is 0 Å². The van der Waals surface area contributed by atoms with Gasteiger partial charge in [0.1, 0.15) is 11.8 Å². The largest absolute Gasteiger partial charge is 0.467 e. The van der Waals surface area contributed by atoms with Crippen LogP contribution in [0.4, 0.5) is 0 Å². The SMILES string of the molecule is COCCONC(c1ccccc1)c1ccco1. The molecule has 4 nitrogen and oxygen atoms in total. The van der Waals surface area contributed by atoms with Gasteiger partial charge in [0.25, 0.3) is 0 Å². The Hall–Kier alpha value is -1.62. The molecule has 2 aromatic rings. The highest BCUT2D eigenvalue weighted by atomic mass is 16.7. The van der Waals surface area contributed by atoms with Crippen LogP contribution in [-0.2, 0) is 9.57 Å². The van der Waals surface area contributed by atoms with Gasteiger partial charge in [-0.2, -0.15) is 5.48 Å². The first-order valence-corrected chi connectivity index (χ1v) is 5.86. The molecule has 4 heteroatoms. The van der Waals surface area contributed by atoms with Gasteiger partial charge in [-0.05, 0) is 17.7 Å². The highest BCUT2D eigenvalue weighted by Crippen LogP contribution is 2.22. The number of methoxy groups -OCH3 is 1. The summed E-state index contributed by atoms with van der Waals surface area (Å²) in [4.78, 5) is 5.38. The van der Waals surface area contributed by atoms with E-state index in [4.69, 9.17) is 14.0 Å². The van der Waals surface area contributed by atoms with E-state index in [1.54, 1.807) is 13.4 Å². The van der Waals surface area contributed by atoms with E-state index in [9.17, 15) is 0 Å². The van der Waals surface area contributed by atoms with Crippen LogP contribution in [0.3, 0.4) is 0 Å². The number of furan rings is 1. The molecule has 1 aromatic carbocycles. The monoisotopic (exact) mass is 247 g/mol. The van der Waals surface area contributed by atoms with Crippen LogP contribution < -0.4 is 5.48 Å². The van der Waals surface area contributed by atoms with E-state index in [2.05, 4.69) is 5.48 Å². The molecule has 1 N–H and O–H groups in total. The highest BCUT2D eigenvalue weighted by Gasteiger charge is 2.16. The smallest absolute Gasteiger partial charge is 0.127 e. The Bertz CT molecular complexity index is 428. The fraction of sp³-hybridized carbons (Fsp3) is 0.286.